The van der Waals surface area contributed by atoms with Gasteiger partial charge in [-0.2, -0.15) is 5.10 Å². The van der Waals surface area contributed by atoms with Crippen LogP contribution in [0.4, 0.5) is 10.7 Å². The Labute approximate surface area is 163 Å². The highest BCUT2D eigenvalue weighted by molar-refractivity contribution is 5.75. The van der Waals surface area contributed by atoms with E-state index in [1.165, 1.54) is 6.33 Å². The fourth-order valence-electron chi connectivity index (χ4n) is 3.18. The number of benzene rings is 1. The topological polar surface area (TPSA) is 92.1 Å². The van der Waals surface area contributed by atoms with E-state index < -0.39 is 0 Å². The molecule has 1 aliphatic rings. The molecule has 2 aromatic heterocycles. The van der Waals surface area contributed by atoms with Crippen LogP contribution in [-0.2, 0) is 0 Å². The minimum absolute atomic E-state index is 0.0542. The first-order valence-corrected chi connectivity index (χ1v) is 9.23. The highest BCUT2D eigenvalue weighted by Gasteiger charge is 2.23. The van der Waals surface area contributed by atoms with Gasteiger partial charge in [-0.05, 0) is 30.7 Å². The van der Waals surface area contributed by atoms with Crippen molar-refractivity contribution in [1.29, 1.82) is 0 Å². The number of amides is 2. The maximum atomic E-state index is 12.6. The molecule has 1 atom stereocenters. The van der Waals surface area contributed by atoms with Crippen LogP contribution in [0.15, 0.2) is 55.4 Å². The van der Waals surface area contributed by atoms with Crippen LogP contribution in [0.25, 0.3) is 5.69 Å². The molecule has 3 heterocycles. The van der Waals surface area contributed by atoms with Crippen LogP contribution in [0.2, 0.25) is 0 Å². The molecule has 2 amide bonds. The van der Waals surface area contributed by atoms with Gasteiger partial charge in [0, 0.05) is 38.6 Å². The SMILES string of the molecule is CC(NC(=O)N1CCN(c2ncccn2)CC1)c1ccc(-n2cncn2)cc1. The Kier molecular flexibility index (Phi) is 5.14. The van der Waals surface area contributed by atoms with Gasteiger partial charge >= 0.3 is 6.03 Å². The molecule has 1 saturated heterocycles. The van der Waals surface area contributed by atoms with Crippen molar-refractivity contribution >= 4 is 12.0 Å². The Morgan fingerprint density at radius 1 is 1.07 bits per heavy atom. The second kappa shape index (κ2) is 8.03. The average molecular weight is 378 g/mol. The second-order valence-electron chi connectivity index (χ2n) is 6.63. The summed E-state index contributed by atoms with van der Waals surface area (Å²) in [6, 6.07) is 9.57. The van der Waals surface area contributed by atoms with Crippen molar-refractivity contribution in [2.24, 2.45) is 0 Å². The predicted molar refractivity (Wildman–Crippen MR) is 104 cm³/mol. The molecule has 9 heteroatoms. The number of carbonyl (C=O) groups is 1. The van der Waals surface area contributed by atoms with Crippen LogP contribution in [0.1, 0.15) is 18.5 Å². The monoisotopic (exact) mass is 378 g/mol. The van der Waals surface area contributed by atoms with Crippen LogP contribution >= 0.6 is 0 Å². The van der Waals surface area contributed by atoms with Crippen molar-refractivity contribution in [2.75, 3.05) is 31.1 Å². The third kappa shape index (κ3) is 3.93. The minimum Gasteiger partial charge on any atom is -0.337 e. The third-order valence-electron chi connectivity index (χ3n) is 4.82. The molecule has 4 rings (SSSR count). The van der Waals surface area contributed by atoms with Crippen LogP contribution in [0, 0.1) is 0 Å². The van der Waals surface area contributed by atoms with Gasteiger partial charge in [0.25, 0.3) is 0 Å². The van der Waals surface area contributed by atoms with E-state index in [1.54, 1.807) is 29.5 Å². The van der Waals surface area contributed by atoms with Gasteiger partial charge in [0.05, 0.1) is 11.7 Å². The maximum Gasteiger partial charge on any atom is 0.317 e. The lowest BCUT2D eigenvalue weighted by Crippen LogP contribution is -2.52. The van der Waals surface area contributed by atoms with E-state index in [0.29, 0.717) is 19.0 Å². The number of hydrogen-bond acceptors (Lipinski definition) is 6. The summed E-state index contributed by atoms with van der Waals surface area (Å²) in [5, 5.41) is 7.19. The maximum absolute atomic E-state index is 12.6. The number of aromatic nitrogens is 5. The molecule has 9 nitrogen and oxygen atoms in total. The van der Waals surface area contributed by atoms with Crippen LogP contribution in [0.5, 0.6) is 0 Å². The molecule has 144 valence electrons. The summed E-state index contributed by atoms with van der Waals surface area (Å²) < 4.78 is 1.70. The average Bonchev–Trinajstić information content (AvgIpc) is 3.29. The van der Waals surface area contributed by atoms with Gasteiger partial charge in [0.2, 0.25) is 5.95 Å². The highest BCUT2D eigenvalue weighted by Crippen LogP contribution is 2.16. The molecular weight excluding hydrogens is 356 g/mol. The molecule has 1 aliphatic heterocycles. The Balaban J connectivity index is 1.31. The zero-order valence-electron chi connectivity index (χ0n) is 15.6. The number of rotatable bonds is 4. The number of nitrogens with one attached hydrogen (secondary N) is 1. The number of urea groups is 1. The lowest BCUT2D eigenvalue weighted by atomic mass is 10.1. The number of anilines is 1. The smallest absolute Gasteiger partial charge is 0.317 e. The molecule has 1 N–H and O–H groups in total. The quantitative estimate of drug-likeness (QED) is 0.742. The summed E-state index contributed by atoms with van der Waals surface area (Å²) in [5.41, 5.74) is 1.97. The molecule has 0 aliphatic carbocycles. The molecule has 1 aromatic carbocycles. The van der Waals surface area contributed by atoms with E-state index in [4.69, 9.17) is 0 Å². The van der Waals surface area contributed by atoms with Crippen LogP contribution in [0.3, 0.4) is 0 Å². The summed E-state index contributed by atoms with van der Waals surface area (Å²) in [7, 11) is 0. The first-order chi connectivity index (χ1) is 13.7. The molecule has 0 bridgehead atoms. The second-order valence-corrected chi connectivity index (χ2v) is 6.63. The van der Waals surface area contributed by atoms with Crippen molar-refractivity contribution in [3.63, 3.8) is 0 Å². The highest BCUT2D eigenvalue weighted by atomic mass is 16.2. The van der Waals surface area contributed by atoms with Gasteiger partial charge in [-0.25, -0.2) is 24.4 Å². The summed E-state index contributed by atoms with van der Waals surface area (Å²) in [4.78, 5) is 29.0. The predicted octanol–water partition coefficient (Wildman–Crippen LogP) is 1.65. The largest absolute Gasteiger partial charge is 0.337 e. The molecule has 0 radical (unpaired) electrons. The number of hydrogen-bond donors (Lipinski definition) is 1. The summed E-state index contributed by atoms with van der Waals surface area (Å²) in [6.45, 7) is 4.71. The van der Waals surface area contributed by atoms with E-state index in [9.17, 15) is 4.79 Å². The fourth-order valence-corrected chi connectivity index (χ4v) is 3.18. The summed E-state index contributed by atoms with van der Waals surface area (Å²) >= 11 is 0. The van der Waals surface area contributed by atoms with E-state index in [1.807, 2.05) is 36.1 Å². The van der Waals surface area contributed by atoms with Gasteiger partial charge in [-0.3, -0.25) is 0 Å². The van der Waals surface area contributed by atoms with Crippen LogP contribution < -0.4 is 10.2 Å². The van der Waals surface area contributed by atoms with Crippen molar-refractivity contribution in [3.05, 3.63) is 60.9 Å². The molecule has 0 saturated carbocycles. The Hall–Kier alpha value is -3.49. The summed E-state index contributed by atoms with van der Waals surface area (Å²) in [6.07, 6.45) is 6.62. The van der Waals surface area contributed by atoms with Gasteiger partial charge in [0.1, 0.15) is 12.7 Å². The van der Waals surface area contributed by atoms with Crippen molar-refractivity contribution in [1.82, 2.24) is 34.9 Å². The van der Waals surface area contributed by atoms with Crippen molar-refractivity contribution < 1.29 is 4.79 Å². The standard InChI is InChI=1S/C19H22N8O/c1-15(16-3-5-17(6-4-16)27-14-20-13-23-27)24-19(28)26-11-9-25(10-12-26)18-21-7-2-8-22-18/h2-8,13-15H,9-12H2,1H3,(H,24,28). The normalized spacial score (nSPS) is 15.3. The number of nitrogens with zero attached hydrogens (tertiary/aromatic N) is 7. The van der Waals surface area contributed by atoms with Gasteiger partial charge in [-0.1, -0.05) is 12.1 Å². The van der Waals surface area contributed by atoms with Gasteiger partial charge < -0.3 is 15.1 Å². The minimum atomic E-state index is -0.0900. The molecule has 3 aromatic rings. The molecule has 1 fully saturated rings. The molecule has 28 heavy (non-hydrogen) atoms. The van der Waals surface area contributed by atoms with E-state index in [2.05, 4.69) is 30.3 Å². The first kappa shape index (κ1) is 17.9. The van der Waals surface area contributed by atoms with Crippen molar-refractivity contribution in [3.8, 4) is 5.69 Å². The van der Waals surface area contributed by atoms with Crippen molar-refractivity contribution in [2.45, 2.75) is 13.0 Å². The molecule has 0 spiro atoms. The van der Waals surface area contributed by atoms with E-state index in [0.717, 1.165) is 24.3 Å². The fraction of sp³-hybridized carbons (Fsp3) is 0.316. The Morgan fingerprint density at radius 3 is 2.43 bits per heavy atom. The van der Waals surface area contributed by atoms with Gasteiger partial charge in [0.15, 0.2) is 0 Å². The van der Waals surface area contributed by atoms with E-state index >= 15 is 0 Å². The molecular formula is C19H22N8O. The van der Waals surface area contributed by atoms with Crippen LogP contribution in [-0.4, -0.2) is 61.8 Å². The Bertz CT molecular complexity index is 889. The first-order valence-electron chi connectivity index (χ1n) is 9.23. The summed E-state index contributed by atoms with van der Waals surface area (Å²) in [5.74, 6) is 0.711. The third-order valence-corrected chi connectivity index (χ3v) is 4.82. The zero-order valence-corrected chi connectivity index (χ0v) is 15.6. The lowest BCUT2D eigenvalue weighted by molar-refractivity contribution is 0.191. The lowest BCUT2D eigenvalue weighted by Gasteiger charge is -2.35. The molecule has 1 unspecified atom stereocenters. The number of piperazine rings is 1. The number of carbonyl (C=O) groups excluding carboxylic acids is 1. The van der Waals surface area contributed by atoms with Gasteiger partial charge in [-0.15, -0.1) is 0 Å². The zero-order chi connectivity index (χ0) is 19.3. The Morgan fingerprint density at radius 2 is 1.79 bits per heavy atom. The van der Waals surface area contributed by atoms with E-state index in [-0.39, 0.29) is 12.1 Å².